The van der Waals surface area contributed by atoms with Crippen molar-refractivity contribution in [3.05, 3.63) is 51.6 Å². The topological polar surface area (TPSA) is 88.9 Å². The van der Waals surface area contributed by atoms with Crippen LogP contribution in [0.1, 0.15) is 42.8 Å². The molecule has 3 aromatic rings. The average Bonchev–Trinajstić information content (AvgIpc) is 3.39. The van der Waals surface area contributed by atoms with E-state index in [9.17, 15) is 4.79 Å². The van der Waals surface area contributed by atoms with E-state index in [-0.39, 0.29) is 11.6 Å². The van der Waals surface area contributed by atoms with Gasteiger partial charge in [0.25, 0.3) is 5.56 Å². The number of tetrazole rings is 1. The standard InChI is InChI=1S/C20H26N6O2/c1-3-14-6-7-17-15(12-14)13-16(20(27)21-17)18(25-8-4-5-9-25)19-22-23-24-26(19)10-11-28-2/h6-7,12-13,18H,3-5,8-11H2,1-2H3,(H,21,27)/t18-/m0/s1. The van der Waals surface area contributed by atoms with Crippen molar-refractivity contribution in [2.45, 2.75) is 38.8 Å². The van der Waals surface area contributed by atoms with Gasteiger partial charge in [0.2, 0.25) is 0 Å². The van der Waals surface area contributed by atoms with Crippen LogP contribution in [0, 0.1) is 0 Å². The molecule has 1 saturated heterocycles. The van der Waals surface area contributed by atoms with Crippen LogP contribution in [-0.2, 0) is 17.7 Å². The van der Waals surface area contributed by atoms with Crippen molar-refractivity contribution in [2.75, 3.05) is 26.8 Å². The largest absolute Gasteiger partial charge is 0.383 e. The van der Waals surface area contributed by atoms with E-state index in [0.29, 0.717) is 24.5 Å². The van der Waals surface area contributed by atoms with E-state index in [1.807, 2.05) is 12.1 Å². The van der Waals surface area contributed by atoms with Gasteiger partial charge in [-0.15, -0.1) is 5.10 Å². The first-order valence-electron chi connectivity index (χ1n) is 9.86. The molecule has 3 heterocycles. The molecule has 1 N–H and O–H groups in total. The van der Waals surface area contributed by atoms with Crippen molar-refractivity contribution in [1.29, 1.82) is 0 Å². The second-order valence-electron chi connectivity index (χ2n) is 7.23. The number of hydrogen-bond acceptors (Lipinski definition) is 6. The molecule has 1 aromatic carbocycles. The zero-order chi connectivity index (χ0) is 19.5. The molecule has 0 radical (unpaired) electrons. The lowest BCUT2D eigenvalue weighted by molar-refractivity contribution is 0.178. The number of pyridine rings is 1. The summed E-state index contributed by atoms with van der Waals surface area (Å²) in [5, 5.41) is 13.3. The highest BCUT2D eigenvalue weighted by molar-refractivity contribution is 5.80. The Morgan fingerprint density at radius 2 is 2.07 bits per heavy atom. The van der Waals surface area contributed by atoms with Gasteiger partial charge in [0.05, 0.1) is 13.2 Å². The van der Waals surface area contributed by atoms with Gasteiger partial charge < -0.3 is 9.72 Å². The molecule has 8 heteroatoms. The number of benzene rings is 1. The molecule has 0 bridgehead atoms. The maximum Gasteiger partial charge on any atom is 0.253 e. The molecule has 1 aliphatic rings. The predicted molar refractivity (Wildman–Crippen MR) is 106 cm³/mol. The minimum absolute atomic E-state index is 0.0880. The molecule has 8 nitrogen and oxygen atoms in total. The fourth-order valence-electron chi connectivity index (χ4n) is 3.94. The number of ether oxygens (including phenoxy) is 1. The molecule has 1 atom stereocenters. The van der Waals surface area contributed by atoms with Gasteiger partial charge in [-0.3, -0.25) is 9.69 Å². The van der Waals surface area contributed by atoms with Gasteiger partial charge in [0.15, 0.2) is 5.82 Å². The molecule has 148 valence electrons. The van der Waals surface area contributed by atoms with Crippen LogP contribution < -0.4 is 5.56 Å². The molecule has 0 aliphatic carbocycles. The van der Waals surface area contributed by atoms with E-state index in [4.69, 9.17) is 4.74 Å². The second-order valence-corrected chi connectivity index (χ2v) is 7.23. The molecule has 28 heavy (non-hydrogen) atoms. The maximum atomic E-state index is 13.0. The Balaban J connectivity index is 1.84. The molecule has 1 aliphatic heterocycles. The number of aromatic amines is 1. The van der Waals surface area contributed by atoms with Crippen molar-refractivity contribution < 1.29 is 4.74 Å². The zero-order valence-corrected chi connectivity index (χ0v) is 16.4. The number of methoxy groups -OCH3 is 1. The Morgan fingerprint density at radius 3 is 2.82 bits per heavy atom. The summed E-state index contributed by atoms with van der Waals surface area (Å²) in [6.45, 7) is 5.04. The Morgan fingerprint density at radius 1 is 1.25 bits per heavy atom. The Hall–Kier alpha value is -2.58. The number of H-pyrrole nitrogens is 1. The van der Waals surface area contributed by atoms with Gasteiger partial charge in [-0.2, -0.15) is 0 Å². The lowest BCUT2D eigenvalue weighted by Gasteiger charge is -2.26. The van der Waals surface area contributed by atoms with E-state index in [1.165, 1.54) is 5.56 Å². The van der Waals surface area contributed by atoms with Crippen molar-refractivity contribution in [1.82, 2.24) is 30.1 Å². The van der Waals surface area contributed by atoms with Crippen LogP contribution >= 0.6 is 0 Å². The van der Waals surface area contributed by atoms with Crippen molar-refractivity contribution in [3.63, 3.8) is 0 Å². The summed E-state index contributed by atoms with van der Waals surface area (Å²) in [5.74, 6) is 0.690. The fraction of sp³-hybridized carbons (Fsp3) is 0.500. The van der Waals surface area contributed by atoms with Crippen LogP contribution in [0.4, 0.5) is 0 Å². The van der Waals surface area contributed by atoms with E-state index in [2.05, 4.69) is 44.5 Å². The highest BCUT2D eigenvalue weighted by Crippen LogP contribution is 2.29. The number of aryl methyl sites for hydroxylation is 1. The van der Waals surface area contributed by atoms with Gasteiger partial charge in [-0.1, -0.05) is 13.0 Å². The predicted octanol–water partition coefficient (Wildman–Crippen LogP) is 1.91. The minimum Gasteiger partial charge on any atom is -0.383 e. The van der Waals surface area contributed by atoms with E-state index >= 15 is 0 Å². The van der Waals surface area contributed by atoms with Crippen molar-refractivity contribution in [3.8, 4) is 0 Å². The zero-order valence-electron chi connectivity index (χ0n) is 16.4. The van der Waals surface area contributed by atoms with E-state index in [0.717, 1.165) is 43.3 Å². The Labute approximate surface area is 163 Å². The highest BCUT2D eigenvalue weighted by Gasteiger charge is 2.31. The summed E-state index contributed by atoms with van der Waals surface area (Å²) in [6, 6.07) is 7.91. The SMILES string of the molecule is CCc1ccc2[nH]c(=O)c([C@@H](c3nnnn3CCOC)N3CCCC3)cc2c1. The van der Waals surface area contributed by atoms with Gasteiger partial charge in [-0.25, -0.2) is 4.68 Å². The number of nitrogens with zero attached hydrogens (tertiary/aromatic N) is 5. The summed E-state index contributed by atoms with van der Waals surface area (Å²) in [5.41, 5.74) is 2.70. The lowest BCUT2D eigenvalue weighted by Crippen LogP contribution is -2.33. The summed E-state index contributed by atoms with van der Waals surface area (Å²) >= 11 is 0. The maximum absolute atomic E-state index is 13.0. The van der Waals surface area contributed by atoms with Gasteiger partial charge >= 0.3 is 0 Å². The van der Waals surface area contributed by atoms with Crippen molar-refractivity contribution >= 4 is 10.9 Å². The minimum atomic E-state index is -0.271. The van der Waals surface area contributed by atoms with Gasteiger partial charge in [0, 0.05) is 18.2 Å². The Bertz CT molecular complexity index is 1010. The van der Waals surface area contributed by atoms with Crippen LogP contribution in [0.3, 0.4) is 0 Å². The van der Waals surface area contributed by atoms with Crippen molar-refractivity contribution in [2.24, 2.45) is 0 Å². The normalized spacial score (nSPS) is 16.1. The molecule has 1 fully saturated rings. The van der Waals surface area contributed by atoms with Crippen LogP contribution in [0.15, 0.2) is 29.1 Å². The molecule has 4 rings (SSSR count). The van der Waals surface area contributed by atoms with Crippen LogP contribution in [0.2, 0.25) is 0 Å². The van der Waals surface area contributed by atoms with E-state index < -0.39 is 0 Å². The molecular weight excluding hydrogens is 356 g/mol. The first-order chi connectivity index (χ1) is 13.7. The molecule has 0 amide bonds. The third-order valence-electron chi connectivity index (χ3n) is 5.46. The first-order valence-corrected chi connectivity index (χ1v) is 9.86. The second kappa shape index (κ2) is 8.20. The van der Waals surface area contributed by atoms with Crippen LogP contribution in [-0.4, -0.2) is 56.9 Å². The molecule has 0 saturated carbocycles. The number of fused-ring (bicyclic) bond motifs is 1. The summed E-state index contributed by atoms with van der Waals surface area (Å²) in [7, 11) is 1.65. The number of nitrogens with one attached hydrogen (secondary N) is 1. The fourth-order valence-corrected chi connectivity index (χ4v) is 3.94. The number of aromatic nitrogens is 5. The molecule has 2 aromatic heterocycles. The number of rotatable bonds is 7. The molecule has 0 unspecified atom stereocenters. The number of hydrogen-bond donors (Lipinski definition) is 1. The van der Waals surface area contributed by atoms with Crippen LogP contribution in [0.25, 0.3) is 10.9 Å². The molecular formula is C20H26N6O2. The average molecular weight is 382 g/mol. The summed E-state index contributed by atoms with van der Waals surface area (Å²) < 4.78 is 6.94. The smallest absolute Gasteiger partial charge is 0.253 e. The third kappa shape index (κ3) is 3.57. The lowest BCUT2D eigenvalue weighted by atomic mass is 10.0. The van der Waals surface area contributed by atoms with Gasteiger partial charge in [-0.05, 0) is 71.9 Å². The Kier molecular flexibility index (Phi) is 5.50. The first kappa shape index (κ1) is 18.8. The van der Waals surface area contributed by atoms with E-state index in [1.54, 1.807) is 11.8 Å². The summed E-state index contributed by atoms with van der Waals surface area (Å²) in [6.07, 6.45) is 3.18. The van der Waals surface area contributed by atoms with Gasteiger partial charge in [0.1, 0.15) is 6.04 Å². The monoisotopic (exact) mass is 382 g/mol. The summed E-state index contributed by atoms with van der Waals surface area (Å²) in [4.78, 5) is 18.4. The van der Waals surface area contributed by atoms with Crippen LogP contribution in [0.5, 0.6) is 0 Å². The third-order valence-corrected chi connectivity index (χ3v) is 5.46. The quantitative estimate of drug-likeness (QED) is 0.671. The molecule has 0 spiro atoms. The number of likely N-dealkylation sites (tertiary alicyclic amines) is 1. The highest BCUT2D eigenvalue weighted by atomic mass is 16.5.